The fourth-order valence-electron chi connectivity index (χ4n) is 3.59. The van der Waals surface area contributed by atoms with Gasteiger partial charge in [-0.25, -0.2) is 0 Å². The van der Waals surface area contributed by atoms with Crippen LogP contribution in [0.1, 0.15) is 51.8 Å². The number of Topliss-reactive ketones (excluding diaryl/α,β-unsaturated/α-hetero) is 1. The maximum Gasteiger partial charge on any atom is 0.220 e. The summed E-state index contributed by atoms with van der Waals surface area (Å²) in [5.41, 5.74) is 1.15. The molecule has 1 amide bonds. The average Bonchev–Trinajstić information content (AvgIpc) is 3.38. The topological polar surface area (TPSA) is 58.6 Å². The Labute approximate surface area is 170 Å². The van der Waals surface area contributed by atoms with Crippen LogP contribution in [0, 0.1) is 6.92 Å². The van der Waals surface area contributed by atoms with Crippen molar-refractivity contribution in [1.82, 2.24) is 10.2 Å². The Morgan fingerprint density at radius 2 is 1.96 bits per heavy atom. The number of nitrogens with one attached hydrogen (secondary N) is 1. The van der Waals surface area contributed by atoms with Gasteiger partial charge in [0.25, 0.3) is 0 Å². The molecule has 5 nitrogen and oxygen atoms in total. The molecule has 1 aliphatic heterocycles. The van der Waals surface area contributed by atoms with Gasteiger partial charge in [-0.15, -0.1) is 11.3 Å². The molecule has 1 aromatic carbocycles. The van der Waals surface area contributed by atoms with E-state index in [1.165, 1.54) is 24.2 Å². The first-order chi connectivity index (χ1) is 13.6. The molecule has 1 saturated heterocycles. The lowest BCUT2D eigenvalue weighted by Crippen LogP contribution is -2.36. The number of hydrogen-bond donors (Lipinski definition) is 1. The summed E-state index contributed by atoms with van der Waals surface area (Å²) in [6.07, 6.45) is 2.84. The number of ketones is 1. The van der Waals surface area contributed by atoms with Gasteiger partial charge >= 0.3 is 0 Å². The van der Waals surface area contributed by atoms with Crippen molar-refractivity contribution < 1.29 is 14.3 Å². The number of likely N-dealkylation sites (tertiary alicyclic amines) is 1. The van der Waals surface area contributed by atoms with Gasteiger partial charge in [-0.2, -0.15) is 0 Å². The second-order valence-corrected chi connectivity index (χ2v) is 8.46. The van der Waals surface area contributed by atoms with Gasteiger partial charge in [0.15, 0.2) is 5.78 Å². The van der Waals surface area contributed by atoms with Gasteiger partial charge in [-0.1, -0.05) is 12.1 Å². The van der Waals surface area contributed by atoms with E-state index in [2.05, 4.69) is 16.3 Å². The van der Waals surface area contributed by atoms with Crippen molar-refractivity contribution in [1.29, 1.82) is 0 Å². The van der Waals surface area contributed by atoms with E-state index in [4.69, 9.17) is 4.74 Å². The van der Waals surface area contributed by atoms with E-state index in [0.29, 0.717) is 6.54 Å². The first kappa shape index (κ1) is 20.6. The fraction of sp³-hybridized carbons (Fsp3) is 0.455. The Balaban J connectivity index is 1.56. The number of rotatable bonds is 9. The van der Waals surface area contributed by atoms with E-state index < -0.39 is 0 Å². The number of carbonyl (C=O) groups is 2. The summed E-state index contributed by atoms with van der Waals surface area (Å²) in [6, 6.07) is 11.9. The van der Waals surface area contributed by atoms with E-state index in [0.717, 1.165) is 34.2 Å². The lowest BCUT2D eigenvalue weighted by molar-refractivity contribution is -0.121. The number of ether oxygens (including phenoxy) is 1. The minimum Gasteiger partial charge on any atom is -0.497 e. The first-order valence-corrected chi connectivity index (χ1v) is 10.6. The van der Waals surface area contributed by atoms with Crippen LogP contribution < -0.4 is 10.1 Å². The Kier molecular flexibility index (Phi) is 7.23. The standard InChI is InChI=1S/C22H28N2O3S/c1-16-8-10-21(28-16)20(25)9-11-22(26)23-15-19(24-12-3-4-13-24)17-6-5-7-18(14-17)27-2/h5-8,10,14,19H,3-4,9,11-13,15H2,1-2H3,(H,23,26). The molecule has 150 valence electrons. The van der Waals surface area contributed by atoms with Crippen molar-refractivity contribution in [3.05, 3.63) is 51.7 Å². The number of carbonyl (C=O) groups excluding carboxylic acids is 2. The van der Waals surface area contributed by atoms with Crippen LogP contribution in [-0.4, -0.2) is 43.3 Å². The summed E-state index contributed by atoms with van der Waals surface area (Å²) in [5.74, 6) is 0.788. The van der Waals surface area contributed by atoms with Gasteiger partial charge in [-0.3, -0.25) is 14.5 Å². The molecule has 2 aromatic rings. The summed E-state index contributed by atoms with van der Waals surface area (Å²) in [6.45, 7) is 4.59. The zero-order chi connectivity index (χ0) is 19.9. The van der Waals surface area contributed by atoms with Gasteiger partial charge in [0.1, 0.15) is 5.75 Å². The second-order valence-electron chi connectivity index (χ2n) is 7.17. The van der Waals surface area contributed by atoms with Crippen molar-refractivity contribution in [3.8, 4) is 5.75 Å². The SMILES string of the molecule is COc1cccc(C(CNC(=O)CCC(=O)c2ccc(C)s2)N2CCCC2)c1. The molecular formula is C22H28N2O3S. The molecule has 0 radical (unpaired) electrons. The monoisotopic (exact) mass is 400 g/mol. The summed E-state index contributed by atoms with van der Waals surface area (Å²) in [4.78, 5) is 28.8. The van der Waals surface area contributed by atoms with E-state index in [-0.39, 0.29) is 30.6 Å². The quantitative estimate of drug-likeness (QED) is 0.647. The van der Waals surface area contributed by atoms with Gasteiger partial charge in [0, 0.05) is 24.3 Å². The van der Waals surface area contributed by atoms with Crippen LogP contribution in [0.5, 0.6) is 5.75 Å². The molecule has 6 heteroatoms. The molecule has 1 N–H and O–H groups in total. The van der Waals surface area contributed by atoms with Crippen molar-refractivity contribution >= 4 is 23.0 Å². The van der Waals surface area contributed by atoms with Crippen LogP contribution >= 0.6 is 11.3 Å². The maximum absolute atomic E-state index is 12.4. The Bertz CT molecular complexity index is 812. The van der Waals surface area contributed by atoms with Crippen LogP contribution in [0.4, 0.5) is 0 Å². The van der Waals surface area contributed by atoms with Gasteiger partial charge < -0.3 is 10.1 Å². The molecule has 2 heterocycles. The number of thiophene rings is 1. The average molecular weight is 401 g/mol. The largest absolute Gasteiger partial charge is 0.497 e. The van der Waals surface area contributed by atoms with E-state index in [1.807, 2.05) is 37.3 Å². The van der Waals surface area contributed by atoms with E-state index in [1.54, 1.807) is 7.11 Å². The van der Waals surface area contributed by atoms with Gasteiger partial charge in [0.2, 0.25) is 5.91 Å². The first-order valence-electron chi connectivity index (χ1n) is 9.81. The van der Waals surface area contributed by atoms with Gasteiger partial charge in [-0.05, 0) is 62.7 Å². The van der Waals surface area contributed by atoms with E-state index in [9.17, 15) is 9.59 Å². The normalized spacial score (nSPS) is 15.4. The summed E-state index contributed by atoms with van der Waals surface area (Å²) in [5, 5.41) is 3.04. The smallest absolute Gasteiger partial charge is 0.220 e. The maximum atomic E-state index is 12.4. The summed E-state index contributed by atoms with van der Waals surface area (Å²) < 4.78 is 5.36. The highest BCUT2D eigenvalue weighted by Crippen LogP contribution is 2.27. The predicted octanol–water partition coefficient (Wildman–Crippen LogP) is 3.98. The summed E-state index contributed by atoms with van der Waals surface area (Å²) in [7, 11) is 1.66. The number of methoxy groups -OCH3 is 1. The number of aryl methyl sites for hydroxylation is 1. The minimum atomic E-state index is -0.0753. The zero-order valence-corrected chi connectivity index (χ0v) is 17.4. The molecule has 1 unspecified atom stereocenters. The van der Waals surface area contributed by atoms with Crippen LogP contribution in [0.25, 0.3) is 0 Å². The third kappa shape index (κ3) is 5.42. The molecule has 0 aliphatic carbocycles. The van der Waals surface area contributed by atoms with Gasteiger partial charge in [0.05, 0.1) is 18.0 Å². The molecule has 28 heavy (non-hydrogen) atoms. The molecule has 0 spiro atoms. The highest BCUT2D eigenvalue weighted by Gasteiger charge is 2.24. The molecule has 0 saturated carbocycles. The molecular weight excluding hydrogens is 372 g/mol. The molecule has 0 bridgehead atoms. The van der Waals surface area contributed by atoms with Crippen molar-refractivity contribution in [2.24, 2.45) is 0 Å². The van der Waals surface area contributed by atoms with Crippen LogP contribution in [0.3, 0.4) is 0 Å². The highest BCUT2D eigenvalue weighted by molar-refractivity contribution is 7.14. The molecule has 1 fully saturated rings. The molecule has 1 aliphatic rings. The highest BCUT2D eigenvalue weighted by atomic mass is 32.1. The number of amides is 1. The number of benzene rings is 1. The zero-order valence-electron chi connectivity index (χ0n) is 16.6. The minimum absolute atomic E-state index is 0.0390. The van der Waals surface area contributed by atoms with E-state index >= 15 is 0 Å². The fourth-order valence-corrected chi connectivity index (χ4v) is 4.43. The predicted molar refractivity (Wildman–Crippen MR) is 112 cm³/mol. The Hall–Kier alpha value is -2.18. The van der Waals surface area contributed by atoms with Crippen molar-refractivity contribution in [2.45, 2.75) is 38.6 Å². The second kappa shape index (κ2) is 9.85. The lowest BCUT2D eigenvalue weighted by atomic mass is 10.0. The van der Waals surface area contributed by atoms with Crippen molar-refractivity contribution in [3.63, 3.8) is 0 Å². The third-order valence-corrected chi connectivity index (χ3v) is 6.19. The lowest BCUT2D eigenvalue weighted by Gasteiger charge is -2.28. The molecule has 1 atom stereocenters. The van der Waals surface area contributed by atoms with Crippen LogP contribution in [0.2, 0.25) is 0 Å². The number of hydrogen-bond acceptors (Lipinski definition) is 5. The van der Waals surface area contributed by atoms with Crippen LogP contribution in [0.15, 0.2) is 36.4 Å². The summed E-state index contributed by atoms with van der Waals surface area (Å²) >= 11 is 1.48. The third-order valence-electron chi connectivity index (χ3n) is 5.15. The molecule has 1 aromatic heterocycles. The number of nitrogens with zero attached hydrogens (tertiary/aromatic N) is 1. The van der Waals surface area contributed by atoms with Crippen molar-refractivity contribution in [2.75, 3.05) is 26.7 Å². The Morgan fingerprint density at radius 3 is 2.64 bits per heavy atom. The molecule has 3 rings (SSSR count). The Morgan fingerprint density at radius 1 is 1.18 bits per heavy atom. The van der Waals surface area contributed by atoms with Crippen LogP contribution in [-0.2, 0) is 4.79 Å².